The fourth-order valence-corrected chi connectivity index (χ4v) is 4.51. The maximum Gasteiger partial charge on any atom is 0.147 e. The van der Waals surface area contributed by atoms with E-state index in [1.54, 1.807) is 12.1 Å². The van der Waals surface area contributed by atoms with Crippen LogP contribution in [0.2, 0.25) is 0 Å². The van der Waals surface area contributed by atoms with E-state index in [2.05, 4.69) is 26.8 Å². The Morgan fingerprint density at radius 3 is 2.32 bits per heavy atom. The van der Waals surface area contributed by atoms with Crippen molar-refractivity contribution in [3.63, 3.8) is 0 Å². The molecule has 0 unspecified atom stereocenters. The summed E-state index contributed by atoms with van der Waals surface area (Å²) >= 11 is 0. The molecule has 1 aromatic rings. The van der Waals surface area contributed by atoms with Gasteiger partial charge < -0.3 is 10.2 Å². The standard InChI is InChI=1S/C20H30O4S/c1-13(2)16-8-7-14(3)10-17(16)20-18(21)11-15(12-19(20)22)6-5-9-25(4,23)24/h10-13,16-17,21-22H,5-9H2,1-4H3/t16-,17+/m0/s1. The van der Waals surface area contributed by atoms with Gasteiger partial charge in [-0.25, -0.2) is 8.42 Å². The number of phenolic OH excluding ortho intramolecular Hbond substituents is 2. The molecule has 1 aliphatic carbocycles. The van der Waals surface area contributed by atoms with Gasteiger partial charge >= 0.3 is 0 Å². The first-order valence-corrected chi connectivity index (χ1v) is 11.0. The minimum Gasteiger partial charge on any atom is -0.507 e. The summed E-state index contributed by atoms with van der Waals surface area (Å²) < 4.78 is 22.5. The maximum absolute atomic E-state index is 11.2. The molecule has 1 aromatic carbocycles. The fraction of sp³-hybridized carbons (Fsp3) is 0.600. The van der Waals surface area contributed by atoms with Gasteiger partial charge in [0.25, 0.3) is 0 Å². The molecule has 0 amide bonds. The van der Waals surface area contributed by atoms with E-state index >= 15 is 0 Å². The van der Waals surface area contributed by atoms with E-state index in [9.17, 15) is 18.6 Å². The monoisotopic (exact) mass is 366 g/mol. The highest BCUT2D eigenvalue weighted by Crippen LogP contribution is 2.46. The maximum atomic E-state index is 11.2. The molecule has 140 valence electrons. The Balaban J connectivity index is 2.28. The molecule has 0 fully saturated rings. The van der Waals surface area contributed by atoms with Crippen molar-refractivity contribution in [1.82, 2.24) is 0 Å². The van der Waals surface area contributed by atoms with Crippen molar-refractivity contribution in [2.75, 3.05) is 12.0 Å². The van der Waals surface area contributed by atoms with Crippen LogP contribution in [-0.2, 0) is 16.3 Å². The van der Waals surface area contributed by atoms with Crippen LogP contribution >= 0.6 is 0 Å². The van der Waals surface area contributed by atoms with Gasteiger partial charge in [-0.1, -0.05) is 25.5 Å². The lowest BCUT2D eigenvalue weighted by Gasteiger charge is -2.33. The van der Waals surface area contributed by atoms with Crippen LogP contribution in [0.25, 0.3) is 0 Å². The predicted octanol–water partition coefficient (Wildman–Crippen LogP) is 4.17. The van der Waals surface area contributed by atoms with Crippen LogP contribution in [-0.4, -0.2) is 30.6 Å². The molecule has 2 N–H and O–H groups in total. The van der Waals surface area contributed by atoms with Crippen LogP contribution in [0.1, 0.15) is 57.1 Å². The molecule has 0 heterocycles. The van der Waals surface area contributed by atoms with Crippen LogP contribution in [0, 0.1) is 11.8 Å². The molecule has 0 radical (unpaired) electrons. The summed E-state index contributed by atoms with van der Waals surface area (Å²) in [5, 5.41) is 21.1. The van der Waals surface area contributed by atoms with E-state index in [0.29, 0.717) is 30.2 Å². The summed E-state index contributed by atoms with van der Waals surface area (Å²) in [5.41, 5.74) is 2.66. The van der Waals surface area contributed by atoms with E-state index in [1.165, 1.54) is 11.8 Å². The zero-order valence-corrected chi connectivity index (χ0v) is 16.4. The van der Waals surface area contributed by atoms with Crippen molar-refractivity contribution in [2.24, 2.45) is 11.8 Å². The van der Waals surface area contributed by atoms with Crippen LogP contribution in [0.15, 0.2) is 23.8 Å². The van der Waals surface area contributed by atoms with Gasteiger partial charge in [0.15, 0.2) is 0 Å². The topological polar surface area (TPSA) is 74.6 Å². The van der Waals surface area contributed by atoms with Crippen molar-refractivity contribution in [3.05, 3.63) is 34.9 Å². The number of phenols is 2. The average Bonchev–Trinajstić information content (AvgIpc) is 2.44. The minimum atomic E-state index is -3.00. The Labute approximate surface area is 151 Å². The number of hydrogen-bond acceptors (Lipinski definition) is 4. The lowest BCUT2D eigenvalue weighted by Crippen LogP contribution is -2.21. The smallest absolute Gasteiger partial charge is 0.147 e. The van der Waals surface area contributed by atoms with Gasteiger partial charge in [-0.3, -0.25) is 0 Å². The first-order chi connectivity index (χ1) is 11.6. The molecule has 1 aliphatic rings. The van der Waals surface area contributed by atoms with Gasteiger partial charge in [0.2, 0.25) is 0 Å². The second-order valence-corrected chi connectivity index (χ2v) is 10.0. The number of allylic oxidation sites excluding steroid dienone is 2. The second-order valence-electron chi connectivity index (χ2n) is 7.77. The first-order valence-electron chi connectivity index (χ1n) is 8.98. The molecule has 0 aromatic heterocycles. The number of sulfone groups is 1. The molecule has 0 bridgehead atoms. The molecular formula is C20H30O4S. The lowest BCUT2D eigenvalue weighted by molar-refractivity contribution is 0.304. The summed E-state index contributed by atoms with van der Waals surface area (Å²) in [5.74, 6) is 1.18. The lowest BCUT2D eigenvalue weighted by atomic mass is 9.71. The van der Waals surface area contributed by atoms with E-state index in [0.717, 1.165) is 18.4 Å². The van der Waals surface area contributed by atoms with Gasteiger partial charge in [-0.2, -0.15) is 0 Å². The summed E-state index contributed by atoms with van der Waals surface area (Å²) in [6.07, 6.45) is 6.50. The summed E-state index contributed by atoms with van der Waals surface area (Å²) in [7, 11) is -3.00. The normalized spacial score (nSPS) is 21.4. The zero-order valence-electron chi connectivity index (χ0n) is 15.6. The van der Waals surface area contributed by atoms with Gasteiger partial charge in [0.1, 0.15) is 21.3 Å². The van der Waals surface area contributed by atoms with Gasteiger partial charge in [-0.15, -0.1) is 0 Å². The van der Waals surface area contributed by atoms with Gasteiger partial charge in [-0.05, 0) is 62.1 Å². The van der Waals surface area contributed by atoms with Crippen LogP contribution in [0.5, 0.6) is 11.5 Å². The first kappa shape index (κ1) is 19.8. The Bertz CT molecular complexity index is 724. The average molecular weight is 367 g/mol. The van der Waals surface area contributed by atoms with Gasteiger partial charge in [0, 0.05) is 17.7 Å². The molecule has 4 nitrogen and oxygen atoms in total. The molecule has 5 heteroatoms. The molecule has 0 saturated carbocycles. The summed E-state index contributed by atoms with van der Waals surface area (Å²) in [6, 6.07) is 3.35. The molecule has 0 spiro atoms. The third-order valence-corrected chi connectivity index (χ3v) is 6.19. The number of benzene rings is 1. The molecule has 0 aliphatic heterocycles. The third kappa shape index (κ3) is 5.24. The molecule has 0 saturated heterocycles. The van der Waals surface area contributed by atoms with Crippen LogP contribution in [0.4, 0.5) is 0 Å². The van der Waals surface area contributed by atoms with Gasteiger partial charge in [0.05, 0.1) is 5.75 Å². The number of aryl methyl sites for hydroxylation is 1. The number of hydrogen-bond donors (Lipinski definition) is 2. The van der Waals surface area contributed by atoms with E-state index in [4.69, 9.17) is 0 Å². The Hall–Kier alpha value is -1.49. The zero-order chi connectivity index (χ0) is 18.8. The Morgan fingerprint density at radius 2 is 1.80 bits per heavy atom. The molecule has 25 heavy (non-hydrogen) atoms. The SMILES string of the molecule is CC1=C[C@@H](c2c(O)cc(CCCS(C)(=O)=O)cc2O)[C@H](C(C)C)CC1. The largest absolute Gasteiger partial charge is 0.507 e. The number of aromatic hydroxyl groups is 2. The quantitative estimate of drug-likeness (QED) is 0.741. The summed E-state index contributed by atoms with van der Waals surface area (Å²) in [6.45, 7) is 6.46. The fourth-order valence-electron chi connectivity index (χ4n) is 3.84. The summed E-state index contributed by atoms with van der Waals surface area (Å²) in [4.78, 5) is 0. The van der Waals surface area contributed by atoms with E-state index in [-0.39, 0.29) is 23.2 Å². The van der Waals surface area contributed by atoms with Crippen molar-refractivity contribution in [2.45, 2.75) is 52.4 Å². The van der Waals surface area contributed by atoms with Crippen molar-refractivity contribution >= 4 is 9.84 Å². The third-order valence-electron chi connectivity index (χ3n) is 5.16. The predicted molar refractivity (Wildman–Crippen MR) is 102 cm³/mol. The molecule has 2 atom stereocenters. The number of rotatable bonds is 6. The van der Waals surface area contributed by atoms with Crippen LogP contribution < -0.4 is 0 Å². The van der Waals surface area contributed by atoms with Crippen molar-refractivity contribution < 1.29 is 18.6 Å². The highest BCUT2D eigenvalue weighted by atomic mass is 32.2. The van der Waals surface area contributed by atoms with E-state index < -0.39 is 9.84 Å². The van der Waals surface area contributed by atoms with Crippen molar-refractivity contribution in [1.29, 1.82) is 0 Å². The Morgan fingerprint density at radius 1 is 1.20 bits per heavy atom. The van der Waals surface area contributed by atoms with Crippen LogP contribution in [0.3, 0.4) is 0 Å². The molecular weight excluding hydrogens is 336 g/mol. The van der Waals surface area contributed by atoms with Crippen molar-refractivity contribution in [3.8, 4) is 11.5 Å². The highest BCUT2D eigenvalue weighted by molar-refractivity contribution is 7.90. The Kier molecular flexibility index (Phi) is 6.20. The second kappa shape index (κ2) is 7.81. The highest BCUT2D eigenvalue weighted by Gasteiger charge is 2.31. The molecule has 2 rings (SSSR count). The minimum absolute atomic E-state index is 0.0128. The van der Waals surface area contributed by atoms with E-state index in [1.807, 2.05) is 0 Å².